The highest BCUT2D eigenvalue weighted by atomic mass is 15.0. The summed E-state index contributed by atoms with van der Waals surface area (Å²) in [5.74, 6) is 0.833. The number of aromatic nitrogens is 1. The molecule has 3 N–H and O–H groups in total. The highest BCUT2D eigenvalue weighted by Gasteiger charge is 2.07. The smallest absolute Gasteiger partial charge is 0.138 e. The molecule has 0 aliphatic heterocycles. The minimum atomic E-state index is 0.786. The summed E-state index contributed by atoms with van der Waals surface area (Å²) in [4.78, 5) is 4.48. The summed E-state index contributed by atoms with van der Waals surface area (Å²) in [6.07, 6.45) is 1.85. The average Bonchev–Trinajstić information content (AvgIpc) is 2.43. The van der Waals surface area contributed by atoms with Gasteiger partial charge in [-0.1, -0.05) is 30.3 Å². The standard InChI is InChI=1S/C16H15N3/c1-11-10-18-16(19-12-6-3-2-4-7-12)13-8-5-9-14(17)15(11)13/h2-10H,17H2,1H3,(H,18,19). The number of hydrogen-bond donors (Lipinski definition) is 2. The maximum atomic E-state index is 6.06. The number of pyridine rings is 1. The van der Waals surface area contributed by atoms with Crippen molar-refractivity contribution < 1.29 is 0 Å². The van der Waals surface area contributed by atoms with Crippen LogP contribution in [0.1, 0.15) is 5.56 Å². The predicted octanol–water partition coefficient (Wildman–Crippen LogP) is 3.87. The lowest BCUT2D eigenvalue weighted by molar-refractivity contribution is 1.29. The van der Waals surface area contributed by atoms with E-state index < -0.39 is 0 Å². The fraction of sp³-hybridized carbons (Fsp3) is 0.0625. The molecule has 0 bridgehead atoms. The Morgan fingerprint density at radius 1 is 1.00 bits per heavy atom. The Morgan fingerprint density at radius 3 is 2.58 bits per heavy atom. The number of fused-ring (bicyclic) bond motifs is 1. The van der Waals surface area contributed by atoms with Gasteiger partial charge in [-0.25, -0.2) is 4.98 Å². The molecule has 19 heavy (non-hydrogen) atoms. The molecule has 94 valence electrons. The Balaban J connectivity index is 2.15. The van der Waals surface area contributed by atoms with Gasteiger partial charge in [0, 0.05) is 28.3 Å². The second-order valence-corrected chi connectivity index (χ2v) is 4.55. The molecule has 1 heterocycles. The number of benzene rings is 2. The second-order valence-electron chi connectivity index (χ2n) is 4.55. The lowest BCUT2D eigenvalue weighted by atomic mass is 10.1. The molecule has 0 saturated heterocycles. The van der Waals surface area contributed by atoms with Gasteiger partial charge in [0.05, 0.1) is 0 Å². The van der Waals surface area contributed by atoms with Crippen LogP contribution in [0.5, 0.6) is 0 Å². The molecule has 3 rings (SSSR count). The van der Waals surface area contributed by atoms with Gasteiger partial charge in [-0.05, 0) is 30.7 Å². The van der Waals surface area contributed by atoms with Crippen molar-refractivity contribution in [2.45, 2.75) is 6.92 Å². The first-order valence-electron chi connectivity index (χ1n) is 6.21. The maximum absolute atomic E-state index is 6.06. The van der Waals surface area contributed by atoms with E-state index in [1.54, 1.807) is 0 Å². The van der Waals surface area contributed by atoms with Gasteiger partial charge >= 0.3 is 0 Å². The monoisotopic (exact) mass is 249 g/mol. The Bertz CT molecular complexity index is 712. The van der Waals surface area contributed by atoms with Crippen LogP contribution in [0.25, 0.3) is 10.8 Å². The van der Waals surface area contributed by atoms with Gasteiger partial charge < -0.3 is 11.1 Å². The van der Waals surface area contributed by atoms with E-state index in [2.05, 4.69) is 10.3 Å². The molecule has 0 fully saturated rings. The summed E-state index contributed by atoms with van der Waals surface area (Å²) in [5, 5.41) is 5.45. The fourth-order valence-electron chi connectivity index (χ4n) is 2.26. The summed E-state index contributed by atoms with van der Waals surface area (Å²) in [6, 6.07) is 15.9. The number of aryl methyl sites for hydroxylation is 1. The third-order valence-corrected chi connectivity index (χ3v) is 3.17. The molecule has 0 saturated carbocycles. The third kappa shape index (κ3) is 2.10. The quantitative estimate of drug-likeness (QED) is 0.678. The number of hydrogen-bond acceptors (Lipinski definition) is 3. The van der Waals surface area contributed by atoms with Gasteiger partial charge in [0.1, 0.15) is 5.82 Å². The molecule has 0 atom stereocenters. The van der Waals surface area contributed by atoms with Crippen LogP contribution in [0.2, 0.25) is 0 Å². The van der Waals surface area contributed by atoms with Crippen molar-refractivity contribution >= 4 is 28.0 Å². The molecule has 0 radical (unpaired) electrons. The van der Waals surface area contributed by atoms with Crippen molar-refractivity contribution in [1.29, 1.82) is 0 Å². The van der Waals surface area contributed by atoms with Crippen molar-refractivity contribution in [3.05, 3.63) is 60.3 Å². The van der Waals surface area contributed by atoms with Crippen LogP contribution < -0.4 is 11.1 Å². The highest BCUT2D eigenvalue weighted by Crippen LogP contribution is 2.30. The molecule has 0 aliphatic rings. The second kappa shape index (κ2) is 4.61. The molecule has 0 amide bonds. The molecule has 1 aromatic heterocycles. The predicted molar refractivity (Wildman–Crippen MR) is 80.6 cm³/mol. The van der Waals surface area contributed by atoms with E-state index in [4.69, 9.17) is 5.73 Å². The number of nitrogens with two attached hydrogens (primary N) is 1. The van der Waals surface area contributed by atoms with Crippen molar-refractivity contribution in [2.75, 3.05) is 11.1 Å². The number of anilines is 3. The molecule has 3 heteroatoms. The van der Waals surface area contributed by atoms with E-state index in [0.717, 1.165) is 33.5 Å². The van der Waals surface area contributed by atoms with Crippen molar-refractivity contribution in [1.82, 2.24) is 4.98 Å². The zero-order valence-electron chi connectivity index (χ0n) is 10.7. The Hall–Kier alpha value is -2.55. The largest absolute Gasteiger partial charge is 0.398 e. The zero-order chi connectivity index (χ0) is 13.2. The summed E-state index contributed by atoms with van der Waals surface area (Å²) in [6.45, 7) is 2.03. The van der Waals surface area contributed by atoms with Crippen LogP contribution >= 0.6 is 0 Å². The summed E-state index contributed by atoms with van der Waals surface area (Å²) < 4.78 is 0. The first-order valence-corrected chi connectivity index (χ1v) is 6.21. The first kappa shape index (κ1) is 11.5. The molecule has 3 nitrogen and oxygen atoms in total. The average molecular weight is 249 g/mol. The minimum absolute atomic E-state index is 0.786. The number of para-hydroxylation sites is 1. The number of nitrogens with zero attached hydrogens (tertiary/aromatic N) is 1. The van der Waals surface area contributed by atoms with Gasteiger partial charge in [-0.15, -0.1) is 0 Å². The fourth-order valence-corrected chi connectivity index (χ4v) is 2.26. The van der Waals surface area contributed by atoms with Crippen LogP contribution in [0.15, 0.2) is 54.7 Å². The highest BCUT2D eigenvalue weighted by molar-refractivity contribution is 6.02. The number of nitrogen functional groups attached to an aromatic ring is 1. The maximum Gasteiger partial charge on any atom is 0.138 e. The van der Waals surface area contributed by atoms with Crippen molar-refractivity contribution in [3.63, 3.8) is 0 Å². The van der Waals surface area contributed by atoms with Gasteiger partial charge in [0.2, 0.25) is 0 Å². The lowest BCUT2D eigenvalue weighted by Crippen LogP contribution is -1.97. The first-order chi connectivity index (χ1) is 9.25. The normalized spacial score (nSPS) is 10.6. The van der Waals surface area contributed by atoms with Gasteiger partial charge in [0.15, 0.2) is 0 Å². The number of nitrogens with one attached hydrogen (secondary N) is 1. The Kier molecular flexibility index (Phi) is 2.80. The van der Waals surface area contributed by atoms with Crippen LogP contribution in [-0.2, 0) is 0 Å². The van der Waals surface area contributed by atoms with Gasteiger partial charge in [-0.2, -0.15) is 0 Å². The van der Waals surface area contributed by atoms with Crippen LogP contribution in [-0.4, -0.2) is 4.98 Å². The SMILES string of the molecule is Cc1cnc(Nc2ccccc2)c2cccc(N)c12. The van der Waals surface area contributed by atoms with Gasteiger partial charge in [0.25, 0.3) is 0 Å². The van der Waals surface area contributed by atoms with E-state index in [1.165, 1.54) is 0 Å². The lowest BCUT2D eigenvalue weighted by Gasteiger charge is -2.11. The molecule has 3 aromatic rings. The zero-order valence-corrected chi connectivity index (χ0v) is 10.7. The molecule has 0 unspecified atom stereocenters. The third-order valence-electron chi connectivity index (χ3n) is 3.17. The Morgan fingerprint density at radius 2 is 1.79 bits per heavy atom. The molecule has 0 aliphatic carbocycles. The Labute approximate surface area is 112 Å². The minimum Gasteiger partial charge on any atom is -0.398 e. The summed E-state index contributed by atoms with van der Waals surface area (Å²) >= 11 is 0. The molecule has 0 spiro atoms. The van der Waals surface area contributed by atoms with E-state index >= 15 is 0 Å². The van der Waals surface area contributed by atoms with Gasteiger partial charge in [-0.3, -0.25) is 0 Å². The van der Waals surface area contributed by atoms with E-state index in [-0.39, 0.29) is 0 Å². The number of rotatable bonds is 2. The summed E-state index contributed by atoms with van der Waals surface area (Å²) in [5.41, 5.74) is 8.96. The van der Waals surface area contributed by atoms with Crippen molar-refractivity contribution in [2.24, 2.45) is 0 Å². The summed E-state index contributed by atoms with van der Waals surface area (Å²) in [7, 11) is 0. The van der Waals surface area contributed by atoms with Crippen LogP contribution in [0, 0.1) is 6.92 Å². The van der Waals surface area contributed by atoms with E-state index in [1.807, 2.05) is 61.7 Å². The molecule has 2 aromatic carbocycles. The van der Waals surface area contributed by atoms with Crippen molar-refractivity contribution in [3.8, 4) is 0 Å². The van der Waals surface area contributed by atoms with E-state index in [9.17, 15) is 0 Å². The molecular weight excluding hydrogens is 234 g/mol. The van der Waals surface area contributed by atoms with E-state index in [0.29, 0.717) is 0 Å². The molecular formula is C16H15N3. The van der Waals surface area contributed by atoms with Crippen LogP contribution in [0.3, 0.4) is 0 Å². The van der Waals surface area contributed by atoms with Crippen LogP contribution in [0.4, 0.5) is 17.2 Å². The topological polar surface area (TPSA) is 50.9 Å².